The second-order valence-corrected chi connectivity index (χ2v) is 9.36. The van der Waals surface area contributed by atoms with Crippen molar-refractivity contribution in [2.75, 3.05) is 32.8 Å². The van der Waals surface area contributed by atoms with Gasteiger partial charge in [-0.1, -0.05) is 6.92 Å². The van der Waals surface area contributed by atoms with E-state index in [1.54, 1.807) is 6.26 Å². The zero-order valence-corrected chi connectivity index (χ0v) is 19.6. The van der Waals surface area contributed by atoms with E-state index in [9.17, 15) is 4.79 Å². The minimum absolute atomic E-state index is 0.144. The predicted octanol–water partition coefficient (Wildman–Crippen LogP) is 4.79. The first-order valence-electron chi connectivity index (χ1n) is 12.3. The molecule has 1 saturated carbocycles. The monoisotopic (exact) mass is 439 g/mol. The molecule has 0 N–H and O–H groups in total. The smallest absolute Gasteiger partial charge is 0.228 e. The Balaban J connectivity index is 1.24. The van der Waals surface area contributed by atoms with E-state index in [1.165, 1.54) is 32.2 Å². The van der Waals surface area contributed by atoms with Crippen molar-refractivity contribution < 1.29 is 13.9 Å². The van der Waals surface area contributed by atoms with E-state index in [0.29, 0.717) is 30.0 Å². The maximum absolute atomic E-state index is 12.7. The molecule has 2 heterocycles. The summed E-state index contributed by atoms with van der Waals surface area (Å²) in [6.45, 7) is 9.18. The summed E-state index contributed by atoms with van der Waals surface area (Å²) in [4.78, 5) is 21.8. The van der Waals surface area contributed by atoms with Crippen molar-refractivity contribution in [3.05, 3.63) is 36.2 Å². The van der Waals surface area contributed by atoms with Crippen molar-refractivity contribution in [3.8, 4) is 17.2 Å². The Morgan fingerprint density at radius 3 is 2.75 bits per heavy atom. The number of benzene rings is 1. The minimum Gasteiger partial charge on any atom is -0.494 e. The highest BCUT2D eigenvalue weighted by molar-refractivity contribution is 5.78. The Labute approximate surface area is 191 Å². The van der Waals surface area contributed by atoms with Crippen LogP contribution in [-0.4, -0.2) is 59.5 Å². The Morgan fingerprint density at radius 1 is 1.25 bits per heavy atom. The van der Waals surface area contributed by atoms with E-state index >= 15 is 0 Å². The molecule has 1 aromatic carbocycles. The maximum Gasteiger partial charge on any atom is 0.228 e. The first-order valence-corrected chi connectivity index (χ1v) is 12.3. The zero-order valence-electron chi connectivity index (χ0n) is 19.6. The number of nitrogens with zero attached hydrogens (tertiary/aromatic N) is 3. The van der Waals surface area contributed by atoms with Crippen molar-refractivity contribution in [2.45, 2.75) is 64.8 Å². The Morgan fingerprint density at radius 2 is 2.06 bits per heavy atom. The van der Waals surface area contributed by atoms with Crippen LogP contribution in [0.2, 0.25) is 0 Å². The van der Waals surface area contributed by atoms with Gasteiger partial charge in [-0.25, -0.2) is 4.98 Å². The molecule has 1 aliphatic heterocycles. The molecule has 0 radical (unpaired) electrons. The van der Waals surface area contributed by atoms with Crippen molar-refractivity contribution in [2.24, 2.45) is 5.92 Å². The van der Waals surface area contributed by atoms with Gasteiger partial charge in [0.05, 0.1) is 18.7 Å². The van der Waals surface area contributed by atoms with Crippen LogP contribution >= 0.6 is 0 Å². The van der Waals surface area contributed by atoms with Gasteiger partial charge in [0.25, 0.3) is 0 Å². The summed E-state index contributed by atoms with van der Waals surface area (Å²) < 4.78 is 11.6. The summed E-state index contributed by atoms with van der Waals surface area (Å²) in [6, 6.07) is 8.56. The molecule has 2 aromatic rings. The third kappa shape index (κ3) is 6.35. The van der Waals surface area contributed by atoms with Crippen LogP contribution in [0.25, 0.3) is 11.5 Å². The van der Waals surface area contributed by atoms with Crippen molar-refractivity contribution in [1.29, 1.82) is 0 Å². The first kappa shape index (κ1) is 22.8. The number of carbonyl (C=O) groups is 1. The molecule has 6 nitrogen and oxygen atoms in total. The summed E-state index contributed by atoms with van der Waals surface area (Å²) in [5, 5.41) is 0. The fourth-order valence-electron chi connectivity index (χ4n) is 4.46. The number of oxazole rings is 1. The summed E-state index contributed by atoms with van der Waals surface area (Å²) in [5.41, 5.74) is 1.59. The van der Waals surface area contributed by atoms with Crippen LogP contribution in [0.1, 0.15) is 58.1 Å². The molecule has 1 unspecified atom stereocenters. The van der Waals surface area contributed by atoms with E-state index in [4.69, 9.17) is 9.15 Å². The highest BCUT2D eigenvalue weighted by atomic mass is 16.5. The van der Waals surface area contributed by atoms with Crippen LogP contribution in [0, 0.1) is 5.92 Å². The molecule has 1 aromatic heterocycles. The summed E-state index contributed by atoms with van der Waals surface area (Å²) in [7, 11) is 0. The molecule has 2 aliphatic rings. The second-order valence-electron chi connectivity index (χ2n) is 9.36. The molecule has 0 spiro atoms. The van der Waals surface area contributed by atoms with Gasteiger partial charge in [-0.3, -0.25) is 4.79 Å². The fraction of sp³-hybridized carbons (Fsp3) is 0.615. The Hall–Kier alpha value is -2.34. The van der Waals surface area contributed by atoms with E-state index in [1.807, 2.05) is 29.2 Å². The molecule has 0 bridgehead atoms. The van der Waals surface area contributed by atoms with Crippen molar-refractivity contribution in [1.82, 2.24) is 14.8 Å². The minimum atomic E-state index is 0.144. The average Bonchev–Trinajstić information content (AvgIpc) is 3.34. The van der Waals surface area contributed by atoms with Crippen molar-refractivity contribution >= 4 is 5.91 Å². The summed E-state index contributed by atoms with van der Waals surface area (Å²) in [6.07, 6.45) is 9.06. The average molecular weight is 440 g/mol. The van der Waals surface area contributed by atoms with Crippen LogP contribution in [0.3, 0.4) is 0 Å². The van der Waals surface area contributed by atoms with Gasteiger partial charge in [0.1, 0.15) is 12.0 Å². The maximum atomic E-state index is 12.7. The molecule has 1 amide bonds. The lowest BCUT2D eigenvalue weighted by molar-refractivity contribution is -0.130. The quantitative estimate of drug-likeness (QED) is 0.445. The van der Waals surface area contributed by atoms with Crippen LogP contribution in [0.15, 0.2) is 34.9 Å². The highest BCUT2D eigenvalue weighted by Gasteiger charge is 2.26. The van der Waals surface area contributed by atoms with E-state index < -0.39 is 0 Å². The Bertz CT molecular complexity index is 859. The number of hydrogen-bond acceptors (Lipinski definition) is 5. The number of aromatic nitrogens is 1. The van der Waals surface area contributed by atoms with Gasteiger partial charge in [-0.15, -0.1) is 0 Å². The molecule has 6 heteroatoms. The molecule has 32 heavy (non-hydrogen) atoms. The summed E-state index contributed by atoms with van der Waals surface area (Å²) in [5.74, 6) is 2.25. The SMILES string of the molecule is CCCN(CC1CC1)C(=O)Cc1coc(-c2ccc(OCCCN3CCCC3C)cc2)n1. The fourth-order valence-corrected chi connectivity index (χ4v) is 4.46. The number of rotatable bonds is 12. The van der Waals surface area contributed by atoms with Gasteiger partial charge in [0, 0.05) is 31.2 Å². The largest absolute Gasteiger partial charge is 0.494 e. The van der Waals surface area contributed by atoms with Crippen LogP contribution in [-0.2, 0) is 11.2 Å². The number of likely N-dealkylation sites (tertiary alicyclic amines) is 1. The van der Waals surface area contributed by atoms with Gasteiger partial charge in [-0.2, -0.15) is 0 Å². The molecule has 1 saturated heterocycles. The van der Waals surface area contributed by atoms with E-state index in [-0.39, 0.29) is 5.91 Å². The van der Waals surface area contributed by atoms with Crippen LogP contribution in [0.4, 0.5) is 0 Å². The number of carbonyl (C=O) groups excluding carboxylic acids is 1. The lowest BCUT2D eigenvalue weighted by atomic mass is 10.2. The number of ether oxygens (including phenoxy) is 1. The normalized spacial score (nSPS) is 18.8. The summed E-state index contributed by atoms with van der Waals surface area (Å²) >= 11 is 0. The number of amides is 1. The van der Waals surface area contributed by atoms with Crippen LogP contribution < -0.4 is 4.74 Å². The second kappa shape index (κ2) is 11.0. The topological polar surface area (TPSA) is 58.8 Å². The third-order valence-corrected chi connectivity index (χ3v) is 6.56. The molecular formula is C26H37N3O3. The zero-order chi connectivity index (χ0) is 22.3. The molecule has 4 rings (SSSR count). The Kier molecular flexibility index (Phi) is 7.85. The molecule has 174 valence electrons. The highest BCUT2D eigenvalue weighted by Crippen LogP contribution is 2.30. The molecule has 1 atom stereocenters. The van der Waals surface area contributed by atoms with Gasteiger partial charge in [0.2, 0.25) is 11.8 Å². The molecular weight excluding hydrogens is 402 g/mol. The van der Waals surface area contributed by atoms with Gasteiger partial charge >= 0.3 is 0 Å². The predicted molar refractivity (Wildman–Crippen MR) is 126 cm³/mol. The number of hydrogen-bond donors (Lipinski definition) is 0. The lowest BCUT2D eigenvalue weighted by Gasteiger charge is -2.21. The molecule has 2 fully saturated rings. The molecule has 1 aliphatic carbocycles. The first-order chi connectivity index (χ1) is 15.6. The lowest BCUT2D eigenvalue weighted by Crippen LogP contribution is -2.34. The van der Waals surface area contributed by atoms with Gasteiger partial charge in [0.15, 0.2) is 0 Å². The van der Waals surface area contributed by atoms with Crippen LogP contribution in [0.5, 0.6) is 5.75 Å². The van der Waals surface area contributed by atoms with Gasteiger partial charge < -0.3 is 19.0 Å². The van der Waals surface area contributed by atoms with Crippen molar-refractivity contribution in [3.63, 3.8) is 0 Å². The standard InChI is InChI=1S/C26H37N3O3/c1-3-13-29(18-21-7-8-21)25(30)17-23-19-32-26(27-23)22-9-11-24(12-10-22)31-16-5-15-28-14-4-6-20(28)2/h9-12,19-21H,3-8,13-18H2,1-2H3. The van der Waals surface area contributed by atoms with E-state index in [0.717, 1.165) is 50.4 Å². The van der Waals surface area contributed by atoms with E-state index in [2.05, 4.69) is 23.7 Å². The third-order valence-electron chi connectivity index (χ3n) is 6.56. The van der Waals surface area contributed by atoms with Gasteiger partial charge in [-0.05, 0) is 82.2 Å².